The van der Waals surface area contributed by atoms with Gasteiger partial charge in [-0.05, 0) is 44.5 Å². The van der Waals surface area contributed by atoms with Crippen LogP contribution < -0.4 is 5.32 Å². The SMILES string of the molecule is CCOC(=O)c1cc(C#N)c(SCC(=O)N[C@@H](C)c2cccc(Cl)c2)nc1C. The van der Waals surface area contributed by atoms with Gasteiger partial charge in [-0.15, -0.1) is 0 Å². The number of pyridine rings is 1. The molecule has 0 unspecified atom stereocenters. The Balaban J connectivity index is 2.05. The second kappa shape index (κ2) is 10.1. The lowest BCUT2D eigenvalue weighted by Crippen LogP contribution is -2.28. The number of hydrogen-bond donors (Lipinski definition) is 1. The van der Waals surface area contributed by atoms with Crippen LogP contribution in [0, 0.1) is 18.3 Å². The van der Waals surface area contributed by atoms with Gasteiger partial charge in [0.2, 0.25) is 5.91 Å². The molecular weight excluding hydrogens is 398 g/mol. The second-order valence-electron chi connectivity index (χ2n) is 5.94. The van der Waals surface area contributed by atoms with Crippen LogP contribution in [0.2, 0.25) is 5.02 Å². The number of thioether (sulfide) groups is 1. The molecule has 0 aliphatic rings. The summed E-state index contributed by atoms with van der Waals surface area (Å²) in [6.45, 7) is 5.48. The van der Waals surface area contributed by atoms with E-state index in [0.717, 1.165) is 17.3 Å². The molecule has 146 valence electrons. The summed E-state index contributed by atoms with van der Waals surface area (Å²) in [5.41, 5.74) is 1.83. The Hall–Kier alpha value is -2.56. The molecule has 28 heavy (non-hydrogen) atoms. The Bertz CT molecular complexity index is 927. The highest BCUT2D eigenvalue weighted by Crippen LogP contribution is 2.24. The van der Waals surface area contributed by atoms with Crippen LogP contribution in [0.4, 0.5) is 0 Å². The van der Waals surface area contributed by atoms with Crippen LogP contribution in [0.5, 0.6) is 0 Å². The van der Waals surface area contributed by atoms with Crippen LogP contribution >= 0.6 is 23.4 Å². The van der Waals surface area contributed by atoms with Gasteiger partial charge in [-0.25, -0.2) is 9.78 Å². The van der Waals surface area contributed by atoms with Gasteiger partial charge in [0.25, 0.3) is 0 Å². The predicted molar refractivity (Wildman–Crippen MR) is 108 cm³/mol. The number of rotatable bonds is 7. The Morgan fingerprint density at radius 3 is 2.79 bits per heavy atom. The van der Waals surface area contributed by atoms with Gasteiger partial charge in [0.05, 0.1) is 35.2 Å². The number of nitrogens with zero attached hydrogens (tertiary/aromatic N) is 2. The molecule has 0 aliphatic heterocycles. The molecule has 1 aromatic heterocycles. The maximum Gasteiger partial charge on any atom is 0.340 e. The molecule has 0 aliphatic carbocycles. The first kappa shape index (κ1) is 21.7. The molecule has 2 rings (SSSR count). The Morgan fingerprint density at radius 1 is 1.39 bits per heavy atom. The van der Waals surface area contributed by atoms with Gasteiger partial charge in [-0.2, -0.15) is 5.26 Å². The summed E-state index contributed by atoms with van der Waals surface area (Å²) in [4.78, 5) is 28.5. The molecule has 0 bridgehead atoms. The van der Waals surface area contributed by atoms with E-state index in [9.17, 15) is 14.9 Å². The lowest BCUT2D eigenvalue weighted by molar-refractivity contribution is -0.119. The van der Waals surface area contributed by atoms with E-state index in [2.05, 4.69) is 10.3 Å². The van der Waals surface area contributed by atoms with Gasteiger partial charge in [0, 0.05) is 5.02 Å². The van der Waals surface area contributed by atoms with Crippen molar-refractivity contribution in [2.24, 2.45) is 0 Å². The van der Waals surface area contributed by atoms with E-state index >= 15 is 0 Å². The quantitative estimate of drug-likeness (QED) is 0.539. The third-order valence-electron chi connectivity index (χ3n) is 3.86. The van der Waals surface area contributed by atoms with E-state index < -0.39 is 5.97 Å². The van der Waals surface area contributed by atoms with Gasteiger partial charge in [-0.1, -0.05) is 35.5 Å². The largest absolute Gasteiger partial charge is 0.462 e. The van der Waals surface area contributed by atoms with Gasteiger partial charge < -0.3 is 10.1 Å². The summed E-state index contributed by atoms with van der Waals surface area (Å²) in [5.74, 6) is -0.631. The maximum absolute atomic E-state index is 12.3. The lowest BCUT2D eigenvalue weighted by atomic mass is 10.1. The lowest BCUT2D eigenvalue weighted by Gasteiger charge is -2.15. The molecule has 0 spiro atoms. The molecule has 8 heteroatoms. The highest BCUT2D eigenvalue weighted by molar-refractivity contribution is 8.00. The van der Waals surface area contributed by atoms with Crippen molar-refractivity contribution in [3.05, 3.63) is 57.7 Å². The summed E-state index contributed by atoms with van der Waals surface area (Å²) in [7, 11) is 0. The number of carbonyl (C=O) groups is 2. The van der Waals surface area contributed by atoms with Crippen molar-refractivity contribution in [3.8, 4) is 6.07 Å². The van der Waals surface area contributed by atoms with Crippen molar-refractivity contribution in [1.82, 2.24) is 10.3 Å². The smallest absolute Gasteiger partial charge is 0.340 e. The van der Waals surface area contributed by atoms with E-state index in [0.29, 0.717) is 15.7 Å². The number of hydrogen-bond acceptors (Lipinski definition) is 6. The molecule has 0 saturated carbocycles. The number of aryl methyl sites for hydroxylation is 1. The molecule has 0 fully saturated rings. The van der Waals surface area contributed by atoms with Gasteiger partial charge >= 0.3 is 5.97 Å². The van der Waals surface area contributed by atoms with Crippen molar-refractivity contribution < 1.29 is 14.3 Å². The molecule has 1 aromatic carbocycles. The van der Waals surface area contributed by atoms with Crippen molar-refractivity contribution in [2.45, 2.75) is 31.8 Å². The van der Waals surface area contributed by atoms with Crippen molar-refractivity contribution in [1.29, 1.82) is 5.26 Å². The first-order valence-corrected chi connectivity index (χ1v) is 9.98. The zero-order valence-corrected chi connectivity index (χ0v) is 17.4. The number of halogens is 1. The van der Waals surface area contributed by atoms with Crippen LogP contribution in [0.3, 0.4) is 0 Å². The predicted octanol–water partition coefficient (Wildman–Crippen LogP) is 4.06. The highest BCUT2D eigenvalue weighted by atomic mass is 35.5. The fourth-order valence-corrected chi connectivity index (χ4v) is 3.48. The average Bonchev–Trinajstić information content (AvgIpc) is 2.66. The number of esters is 1. The van der Waals surface area contributed by atoms with E-state index in [-0.39, 0.29) is 35.4 Å². The fourth-order valence-electron chi connectivity index (χ4n) is 2.47. The van der Waals surface area contributed by atoms with Crippen LogP contribution in [0.25, 0.3) is 0 Å². The van der Waals surface area contributed by atoms with Crippen molar-refractivity contribution in [2.75, 3.05) is 12.4 Å². The first-order chi connectivity index (χ1) is 13.3. The Labute approximate surface area is 173 Å². The average molecular weight is 418 g/mol. The number of benzene rings is 1. The number of ether oxygens (including phenoxy) is 1. The molecule has 6 nitrogen and oxygen atoms in total. The summed E-state index contributed by atoms with van der Waals surface area (Å²) < 4.78 is 4.97. The van der Waals surface area contributed by atoms with Gasteiger partial charge in [-0.3, -0.25) is 4.79 Å². The first-order valence-electron chi connectivity index (χ1n) is 8.62. The fraction of sp³-hybridized carbons (Fsp3) is 0.300. The molecule has 1 N–H and O–H groups in total. The van der Waals surface area contributed by atoms with Crippen LogP contribution in [0.15, 0.2) is 35.4 Å². The number of nitrogens with one attached hydrogen (secondary N) is 1. The van der Waals surface area contributed by atoms with Crippen molar-refractivity contribution >= 4 is 35.2 Å². The third kappa shape index (κ3) is 5.72. The third-order valence-corrected chi connectivity index (χ3v) is 5.09. The second-order valence-corrected chi connectivity index (χ2v) is 7.34. The van der Waals surface area contributed by atoms with E-state index in [4.69, 9.17) is 16.3 Å². The number of amides is 1. The molecule has 1 atom stereocenters. The molecule has 2 aromatic rings. The molecule has 0 radical (unpaired) electrons. The highest BCUT2D eigenvalue weighted by Gasteiger charge is 2.17. The molecule has 0 saturated heterocycles. The van der Waals surface area contributed by atoms with Crippen LogP contribution in [-0.2, 0) is 9.53 Å². The Kier molecular flexibility index (Phi) is 7.85. The summed E-state index contributed by atoms with van der Waals surface area (Å²) in [6.07, 6.45) is 0. The number of carbonyl (C=O) groups excluding carboxylic acids is 2. The number of aromatic nitrogens is 1. The minimum atomic E-state index is -0.520. The minimum Gasteiger partial charge on any atom is -0.462 e. The Morgan fingerprint density at radius 2 is 2.14 bits per heavy atom. The van der Waals surface area contributed by atoms with E-state index in [1.54, 1.807) is 26.0 Å². The summed E-state index contributed by atoms with van der Waals surface area (Å²) in [5, 5.41) is 13.3. The zero-order chi connectivity index (χ0) is 20.7. The normalized spacial score (nSPS) is 11.4. The standard InChI is InChI=1S/C20H20ClN3O3S/c1-4-27-20(26)17-9-15(10-22)19(24-13(17)3)28-11-18(25)23-12(2)14-6-5-7-16(21)8-14/h5-9,12H,4,11H2,1-3H3,(H,23,25)/t12-/m0/s1. The van der Waals surface area contributed by atoms with Crippen LogP contribution in [-0.4, -0.2) is 29.2 Å². The maximum atomic E-state index is 12.3. The topological polar surface area (TPSA) is 92.1 Å². The van der Waals surface area contributed by atoms with Gasteiger partial charge in [0.1, 0.15) is 11.1 Å². The molecule has 1 heterocycles. The summed E-state index contributed by atoms with van der Waals surface area (Å²) in [6, 6.07) is 10.5. The molecular formula is C20H20ClN3O3S. The van der Waals surface area contributed by atoms with Crippen molar-refractivity contribution in [3.63, 3.8) is 0 Å². The van der Waals surface area contributed by atoms with Crippen LogP contribution in [0.1, 0.15) is 47.1 Å². The van der Waals surface area contributed by atoms with E-state index in [1.165, 1.54) is 6.07 Å². The van der Waals surface area contributed by atoms with E-state index in [1.807, 2.05) is 25.1 Å². The summed E-state index contributed by atoms with van der Waals surface area (Å²) >= 11 is 7.13. The molecule has 1 amide bonds. The number of nitriles is 1. The monoisotopic (exact) mass is 417 g/mol. The zero-order valence-electron chi connectivity index (χ0n) is 15.8. The van der Waals surface area contributed by atoms with Gasteiger partial charge in [0.15, 0.2) is 0 Å². The minimum absolute atomic E-state index is 0.0881.